The fourth-order valence-corrected chi connectivity index (χ4v) is 2.57. The molecule has 142 valence electrons. The molecule has 0 spiro atoms. The van der Waals surface area contributed by atoms with Gasteiger partial charge < -0.3 is 10.6 Å². The molecule has 28 heavy (non-hydrogen) atoms. The van der Waals surface area contributed by atoms with E-state index in [9.17, 15) is 9.59 Å². The minimum Gasteiger partial charge on any atom is -0.326 e. The molecule has 0 saturated heterocycles. The third-order valence-corrected chi connectivity index (χ3v) is 4.22. The molecule has 3 rings (SSSR count). The summed E-state index contributed by atoms with van der Waals surface area (Å²) in [7, 11) is 0. The lowest BCUT2D eigenvalue weighted by molar-refractivity contribution is -0.116. The lowest BCUT2D eigenvalue weighted by Crippen LogP contribution is -2.09. The van der Waals surface area contributed by atoms with Gasteiger partial charge in [-0.1, -0.05) is 26.0 Å². The molecule has 0 aliphatic heterocycles. The summed E-state index contributed by atoms with van der Waals surface area (Å²) < 4.78 is 0. The summed E-state index contributed by atoms with van der Waals surface area (Å²) in [6.07, 6.45) is 4.44. The molecule has 0 aliphatic rings. The van der Waals surface area contributed by atoms with Gasteiger partial charge in [0.25, 0.3) is 0 Å². The first-order chi connectivity index (χ1) is 13.6. The van der Waals surface area contributed by atoms with E-state index in [1.54, 1.807) is 12.4 Å². The number of aromatic nitrogens is 2. The number of nitrogens with one attached hydrogen (secondary N) is 2. The molecule has 0 bridgehead atoms. The van der Waals surface area contributed by atoms with Crippen molar-refractivity contribution in [3.63, 3.8) is 0 Å². The van der Waals surface area contributed by atoms with Crippen LogP contribution in [0.25, 0.3) is 22.5 Å². The zero-order valence-corrected chi connectivity index (χ0v) is 15.9. The molecule has 2 N–H and O–H groups in total. The maximum atomic E-state index is 11.4. The maximum Gasteiger partial charge on any atom is 0.224 e. The molecule has 2 aromatic carbocycles. The van der Waals surface area contributed by atoms with Crippen LogP contribution in [0.3, 0.4) is 0 Å². The number of anilines is 2. The Kier molecular flexibility index (Phi) is 6.11. The average molecular weight is 374 g/mol. The third-order valence-electron chi connectivity index (χ3n) is 4.22. The van der Waals surface area contributed by atoms with Crippen LogP contribution in [0, 0.1) is 0 Å². The largest absolute Gasteiger partial charge is 0.326 e. The van der Waals surface area contributed by atoms with Crippen molar-refractivity contribution >= 4 is 23.2 Å². The van der Waals surface area contributed by atoms with E-state index < -0.39 is 0 Å². The van der Waals surface area contributed by atoms with Gasteiger partial charge in [0, 0.05) is 47.7 Å². The van der Waals surface area contributed by atoms with Crippen molar-refractivity contribution in [2.75, 3.05) is 10.6 Å². The van der Waals surface area contributed by atoms with Crippen LogP contribution in [0.4, 0.5) is 11.4 Å². The predicted molar refractivity (Wildman–Crippen MR) is 111 cm³/mol. The second-order valence-electron chi connectivity index (χ2n) is 6.25. The maximum absolute atomic E-state index is 11.4. The SMILES string of the molecule is CCC(=O)Nc1ccc(-c2cnc(-c3ccc(NC(=O)CC)cc3)nc2)cc1. The zero-order chi connectivity index (χ0) is 19.9. The Hall–Kier alpha value is -3.54. The number of nitrogens with zero attached hydrogens (tertiary/aromatic N) is 2. The first-order valence-corrected chi connectivity index (χ1v) is 9.21. The lowest BCUT2D eigenvalue weighted by atomic mass is 10.1. The molecule has 0 atom stereocenters. The second-order valence-corrected chi connectivity index (χ2v) is 6.25. The quantitative estimate of drug-likeness (QED) is 0.665. The van der Waals surface area contributed by atoms with Crippen molar-refractivity contribution in [3.05, 3.63) is 60.9 Å². The summed E-state index contributed by atoms with van der Waals surface area (Å²) in [5, 5.41) is 5.64. The van der Waals surface area contributed by atoms with Gasteiger partial charge in [-0.3, -0.25) is 9.59 Å². The van der Waals surface area contributed by atoms with Crippen molar-refractivity contribution in [2.24, 2.45) is 0 Å². The Labute approximate surface area is 164 Å². The van der Waals surface area contributed by atoms with Gasteiger partial charge in [0.2, 0.25) is 11.8 Å². The Balaban J connectivity index is 1.71. The molecule has 0 radical (unpaired) electrons. The topological polar surface area (TPSA) is 84.0 Å². The first-order valence-electron chi connectivity index (χ1n) is 9.21. The van der Waals surface area contributed by atoms with Gasteiger partial charge in [0.15, 0.2) is 5.82 Å². The number of carbonyl (C=O) groups is 2. The molecule has 1 aromatic heterocycles. The Morgan fingerprint density at radius 2 is 1.11 bits per heavy atom. The van der Waals surface area contributed by atoms with Crippen LogP contribution >= 0.6 is 0 Å². The van der Waals surface area contributed by atoms with Crippen LogP contribution in [0.5, 0.6) is 0 Å². The number of carbonyl (C=O) groups excluding carboxylic acids is 2. The van der Waals surface area contributed by atoms with Crippen molar-refractivity contribution < 1.29 is 9.59 Å². The molecule has 6 nitrogen and oxygen atoms in total. The van der Waals surface area contributed by atoms with E-state index in [2.05, 4.69) is 20.6 Å². The summed E-state index contributed by atoms with van der Waals surface area (Å²) in [6, 6.07) is 15.0. The lowest BCUT2D eigenvalue weighted by Gasteiger charge is -2.07. The predicted octanol–water partition coefficient (Wildman–Crippen LogP) is 4.51. The molecule has 0 saturated carbocycles. The smallest absolute Gasteiger partial charge is 0.224 e. The van der Waals surface area contributed by atoms with Gasteiger partial charge >= 0.3 is 0 Å². The van der Waals surface area contributed by atoms with E-state index in [-0.39, 0.29) is 11.8 Å². The molecule has 6 heteroatoms. The monoisotopic (exact) mass is 374 g/mol. The fraction of sp³-hybridized carbons (Fsp3) is 0.182. The molecule has 0 unspecified atom stereocenters. The molecule has 0 fully saturated rings. The fourth-order valence-electron chi connectivity index (χ4n) is 2.57. The van der Waals surface area contributed by atoms with E-state index in [1.165, 1.54) is 0 Å². The van der Waals surface area contributed by atoms with Gasteiger partial charge in [-0.2, -0.15) is 0 Å². The number of rotatable bonds is 6. The highest BCUT2D eigenvalue weighted by Crippen LogP contribution is 2.23. The van der Waals surface area contributed by atoms with Crippen molar-refractivity contribution in [3.8, 4) is 22.5 Å². The van der Waals surface area contributed by atoms with Crippen LogP contribution < -0.4 is 10.6 Å². The summed E-state index contributed by atoms with van der Waals surface area (Å²) in [5.74, 6) is 0.582. The van der Waals surface area contributed by atoms with Crippen LogP contribution in [-0.2, 0) is 9.59 Å². The molecule has 2 amide bonds. The number of benzene rings is 2. The Bertz CT molecular complexity index is 869. The summed E-state index contributed by atoms with van der Waals surface area (Å²) >= 11 is 0. The highest BCUT2D eigenvalue weighted by atomic mass is 16.2. The van der Waals surface area contributed by atoms with E-state index in [0.29, 0.717) is 18.7 Å². The van der Waals surface area contributed by atoms with E-state index in [4.69, 9.17) is 0 Å². The summed E-state index contributed by atoms with van der Waals surface area (Å²) in [4.78, 5) is 31.8. The van der Waals surface area contributed by atoms with E-state index >= 15 is 0 Å². The second kappa shape index (κ2) is 8.90. The van der Waals surface area contributed by atoms with E-state index in [0.717, 1.165) is 28.1 Å². The number of amides is 2. The standard InChI is InChI=1S/C22H22N4O2/c1-3-20(27)25-18-9-5-15(6-10-18)17-13-23-22(24-14-17)16-7-11-19(12-8-16)26-21(28)4-2/h5-14H,3-4H2,1-2H3,(H,25,27)(H,26,28). The average Bonchev–Trinajstić information content (AvgIpc) is 2.75. The van der Waals surface area contributed by atoms with Gasteiger partial charge in [-0.05, 0) is 42.0 Å². The third kappa shape index (κ3) is 4.79. The minimum absolute atomic E-state index is 0.0132. The normalized spacial score (nSPS) is 10.4. The van der Waals surface area contributed by atoms with Crippen molar-refractivity contribution in [1.82, 2.24) is 9.97 Å². The number of hydrogen-bond acceptors (Lipinski definition) is 4. The zero-order valence-electron chi connectivity index (χ0n) is 15.9. The van der Waals surface area contributed by atoms with Crippen LogP contribution in [0.1, 0.15) is 26.7 Å². The van der Waals surface area contributed by atoms with Crippen LogP contribution in [0.2, 0.25) is 0 Å². The van der Waals surface area contributed by atoms with Crippen LogP contribution in [-0.4, -0.2) is 21.8 Å². The summed E-state index contributed by atoms with van der Waals surface area (Å²) in [5.41, 5.74) is 4.26. The minimum atomic E-state index is -0.0198. The molecular formula is C22H22N4O2. The highest BCUT2D eigenvalue weighted by molar-refractivity contribution is 5.91. The number of hydrogen-bond donors (Lipinski definition) is 2. The Morgan fingerprint density at radius 3 is 1.54 bits per heavy atom. The molecular weight excluding hydrogens is 352 g/mol. The van der Waals surface area contributed by atoms with Gasteiger partial charge in [-0.15, -0.1) is 0 Å². The van der Waals surface area contributed by atoms with Crippen molar-refractivity contribution in [2.45, 2.75) is 26.7 Å². The molecule has 0 aliphatic carbocycles. The molecule has 3 aromatic rings. The van der Waals surface area contributed by atoms with Gasteiger partial charge in [0.05, 0.1) is 0 Å². The Morgan fingerprint density at radius 1 is 0.679 bits per heavy atom. The van der Waals surface area contributed by atoms with Crippen molar-refractivity contribution in [1.29, 1.82) is 0 Å². The van der Waals surface area contributed by atoms with E-state index in [1.807, 2.05) is 62.4 Å². The van der Waals surface area contributed by atoms with Gasteiger partial charge in [-0.25, -0.2) is 9.97 Å². The highest BCUT2D eigenvalue weighted by Gasteiger charge is 2.05. The van der Waals surface area contributed by atoms with Crippen LogP contribution in [0.15, 0.2) is 60.9 Å². The van der Waals surface area contributed by atoms with Gasteiger partial charge in [0.1, 0.15) is 0 Å². The molecule has 1 heterocycles. The summed E-state index contributed by atoms with van der Waals surface area (Å²) in [6.45, 7) is 3.63. The first kappa shape index (κ1) is 19.2.